The SMILES string of the molecule is Cc1sc(C)c(C(N)=O)c1Br. The van der Waals surface area contributed by atoms with Crippen molar-refractivity contribution in [1.29, 1.82) is 0 Å². The van der Waals surface area contributed by atoms with Crippen LogP contribution in [0.3, 0.4) is 0 Å². The number of carbonyl (C=O) groups is 1. The van der Waals surface area contributed by atoms with Crippen molar-refractivity contribution in [3.05, 3.63) is 19.8 Å². The number of thiophene rings is 1. The second-order valence-corrected chi connectivity index (χ2v) is 4.49. The van der Waals surface area contributed by atoms with Crippen LogP contribution in [-0.2, 0) is 0 Å². The standard InChI is InChI=1S/C7H8BrNOS/c1-3-5(7(9)10)6(8)4(2)11-3/h1-2H3,(H2,9,10). The lowest BCUT2D eigenvalue weighted by Gasteiger charge is -1.92. The van der Waals surface area contributed by atoms with Crippen LogP contribution in [0.1, 0.15) is 20.1 Å². The summed E-state index contributed by atoms with van der Waals surface area (Å²) < 4.78 is 0.840. The van der Waals surface area contributed by atoms with E-state index in [0.717, 1.165) is 14.2 Å². The quantitative estimate of drug-likeness (QED) is 0.795. The lowest BCUT2D eigenvalue weighted by Crippen LogP contribution is -2.11. The number of nitrogens with two attached hydrogens (primary N) is 1. The summed E-state index contributed by atoms with van der Waals surface area (Å²) in [6, 6.07) is 0. The van der Waals surface area contributed by atoms with Crippen LogP contribution < -0.4 is 5.73 Å². The second kappa shape index (κ2) is 2.95. The van der Waals surface area contributed by atoms with Crippen LogP contribution in [0.15, 0.2) is 4.47 Å². The van der Waals surface area contributed by atoms with Gasteiger partial charge in [0.25, 0.3) is 5.91 Å². The third kappa shape index (κ3) is 1.46. The highest BCUT2D eigenvalue weighted by atomic mass is 79.9. The number of hydrogen-bond acceptors (Lipinski definition) is 2. The van der Waals surface area contributed by atoms with Crippen molar-refractivity contribution in [1.82, 2.24) is 0 Å². The third-order valence-electron chi connectivity index (χ3n) is 1.43. The fourth-order valence-corrected chi connectivity index (χ4v) is 2.76. The summed E-state index contributed by atoms with van der Waals surface area (Å²) >= 11 is 4.89. The zero-order valence-electron chi connectivity index (χ0n) is 6.27. The lowest BCUT2D eigenvalue weighted by atomic mass is 10.2. The predicted molar refractivity (Wildman–Crippen MR) is 50.0 cm³/mol. The highest BCUT2D eigenvalue weighted by molar-refractivity contribution is 9.10. The highest BCUT2D eigenvalue weighted by Gasteiger charge is 2.14. The summed E-state index contributed by atoms with van der Waals surface area (Å²) in [6.07, 6.45) is 0. The van der Waals surface area contributed by atoms with E-state index in [1.165, 1.54) is 0 Å². The molecule has 1 aromatic rings. The van der Waals surface area contributed by atoms with E-state index < -0.39 is 0 Å². The number of primary amides is 1. The van der Waals surface area contributed by atoms with Gasteiger partial charge < -0.3 is 5.73 Å². The van der Waals surface area contributed by atoms with Crippen molar-refractivity contribution in [2.24, 2.45) is 5.73 Å². The molecule has 0 atom stereocenters. The topological polar surface area (TPSA) is 43.1 Å². The minimum Gasteiger partial charge on any atom is -0.366 e. The molecule has 0 radical (unpaired) electrons. The lowest BCUT2D eigenvalue weighted by molar-refractivity contribution is 0.0999. The van der Waals surface area contributed by atoms with Crippen molar-refractivity contribution in [3.8, 4) is 0 Å². The molecule has 0 saturated heterocycles. The number of rotatable bonds is 1. The average molecular weight is 234 g/mol. The Hall–Kier alpha value is -0.350. The van der Waals surface area contributed by atoms with Crippen LogP contribution in [-0.4, -0.2) is 5.91 Å². The Labute approximate surface area is 77.5 Å². The predicted octanol–water partition coefficient (Wildman–Crippen LogP) is 2.23. The Morgan fingerprint density at radius 2 is 2.00 bits per heavy atom. The number of hydrogen-bond donors (Lipinski definition) is 1. The zero-order chi connectivity index (χ0) is 8.59. The summed E-state index contributed by atoms with van der Waals surface area (Å²) in [7, 11) is 0. The van der Waals surface area contributed by atoms with Crippen molar-refractivity contribution < 1.29 is 4.79 Å². The number of aryl methyl sites for hydroxylation is 2. The smallest absolute Gasteiger partial charge is 0.250 e. The molecule has 0 spiro atoms. The molecule has 4 heteroatoms. The van der Waals surface area contributed by atoms with E-state index in [1.807, 2.05) is 13.8 Å². The van der Waals surface area contributed by atoms with E-state index in [0.29, 0.717) is 5.56 Å². The third-order valence-corrected chi connectivity index (χ3v) is 3.71. The van der Waals surface area contributed by atoms with Crippen molar-refractivity contribution in [2.45, 2.75) is 13.8 Å². The maximum Gasteiger partial charge on any atom is 0.250 e. The van der Waals surface area contributed by atoms with Gasteiger partial charge in [-0.15, -0.1) is 11.3 Å². The van der Waals surface area contributed by atoms with Gasteiger partial charge in [0.15, 0.2) is 0 Å². The largest absolute Gasteiger partial charge is 0.366 e. The second-order valence-electron chi connectivity index (χ2n) is 2.27. The fraction of sp³-hybridized carbons (Fsp3) is 0.286. The van der Waals surface area contributed by atoms with Crippen LogP contribution in [0.25, 0.3) is 0 Å². The Bertz CT molecular complexity index is 306. The minimum absolute atomic E-state index is 0.362. The molecule has 0 aliphatic rings. The van der Waals surface area contributed by atoms with Gasteiger partial charge in [-0.25, -0.2) is 0 Å². The Balaban J connectivity index is 3.34. The first-order chi connectivity index (χ1) is 5.04. The molecule has 0 aromatic carbocycles. The summed E-state index contributed by atoms with van der Waals surface area (Å²) in [6.45, 7) is 3.84. The molecule has 0 aliphatic carbocycles. The van der Waals surface area contributed by atoms with Gasteiger partial charge in [0.05, 0.1) is 5.56 Å². The Morgan fingerprint density at radius 1 is 1.45 bits per heavy atom. The molecule has 0 saturated carbocycles. The van der Waals surface area contributed by atoms with Crippen molar-refractivity contribution in [2.75, 3.05) is 0 Å². The first-order valence-corrected chi connectivity index (χ1v) is 4.70. The molecule has 1 heterocycles. The minimum atomic E-state index is -0.362. The van der Waals surface area contributed by atoms with E-state index in [9.17, 15) is 4.79 Å². The highest BCUT2D eigenvalue weighted by Crippen LogP contribution is 2.31. The van der Waals surface area contributed by atoms with Gasteiger partial charge in [0, 0.05) is 14.2 Å². The van der Waals surface area contributed by atoms with E-state index in [2.05, 4.69) is 15.9 Å². The summed E-state index contributed by atoms with van der Waals surface area (Å²) in [5.74, 6) is -0.362. The molecule has 2 N–H and O–H groups in total. The summed E-state index contributed by atoms with van der Waals surface area (Å²) in [4.78, 5) is 12.9. The van der Waals surface area contributed by atoms with Gasteiger partial charge in [0.2, 0.25) is 0 Å². The van der Waals surface area contributed by atoms with E-state index >= 15 is 0 Å². The van der Waals surface area contributed by atoms with Crippen molar-refractivity contribution >= 4 is 33.2 Å². The van der Waals surface area contributed by atoms with Gasteiger partial charge in [0.1, 0.15) is 0 Å². The van der Waals surface area contributed by atoms with Crippen LogP contribution in [0.2, 0.25) is 0 Å². The van der Waals surface area contributed by atoms with Gasteiger partial charge in [-0.05, 0) is 29.8 Å². The molecular formula is C7H8BrNOS. The molecule has 0 fully saturated rings. The van der Waals surface area contributed by atoms with Crippen molar-refractivity contribution in [3.63, 3.8) is 0 Å². The van der Waals surface area contributed by atoms with E-state index in [-0.39, 0.29) is 5.91 Å². The Kier molecular flexibility index (Phi) is 2.34. The first-order valence-electron chi connectivity index (χ1n) is 3.09. The number of halogens is 1. The number of amides is 1. The molecule has 1 aromatic heterocycles. The molecule has 11 heavy (non-hydrogen) atoms. The normalized spacial score (nSPS) is 10.1. The van der Waals surface area contributed by atoms with Crippen LogP contribution in [0.4, 0.5) is 0 Å². The van der Waals surface area contributed by atoms with Crippen LogP contribution in [0.5, 0.6) is 0 Å². The van der Waals surface area contributed by atoms with Crippen LogP contribution in [0, 0.1) is 13.8 Å². The van der Waals surface area contributed by atoms with Gasteiger partial charge in [-0.3, -0.25) is 4.79 Å². The molecular weight excluding hydrogens is 226 g/mol. The molecule has 0 bridgehead atoms. The molecule has 0 unspecified atom stereocenters. The van der Waals surface area contributed by atoms with Gasteiger partial charge in [-0.2, -0.15) is 0 Å². The molecule has 1 rings (SSSR count). The van der Waals surface area contributed by atoms with E-state index in [4.69, 9.17) is 5.73 Å². The summed E-state index contributed by atoms with van der Waals surface area (Å²) in [5.41, 5.74) is 5.78. The summed E-state index contributed by atoms with van der Waals surface area (Å²) in [5, 5.41) is 0. The molecule has 0 aliphatic heterocycles. The monoisotopic (exact) mass is 233 g/mol. The van der Waals surface area contributed by atoms with E-state index in [1.54, 1.807) is 11.3 Å². The van der Waals surface area contributed by atoms with Gasteiger partial charge in [-0.1, -0.05) is 0 Å². The first kappa shape index (κ1) is 8.74. The van der Waals surface area contributed by atoms with Crippen LogP contribution >= 0.6 is 27.3 Å². The number of carbonyl (C=O) groups excluding carboxylic acids is 1. The molecule has 60 valence electrons. The molecule has 2 nitrogen and oxygen atoms in total. The Morgan fingerprint density at radius 3 is 2.18 bits per heavy atom. The maximum absolute atomic E-state index is 10.9. The fourth-order valence-electron chi connectivity index (χ4n) is 0.938. The van der Waals surface area contributed by atoms with Gasteiger partial charge >= 0.3 is 0 Å². The average Bonchev–Trinajstić information content (AvgIpc) is 2.07. The zero-order valence-corrected chi connectivity index (χ0v) is 8.67. The molecule has 1 amide bonds. The maximum atomic E-state index is 10.9.